The SMILES string of the molecule is O=[N+]([O-])c1ccc(Sc2ccc(N3C(=S)NC(c4ccccn4)C3c3cccn3C3CCCC3)cc2)cc1. The van der Waals surface area contributed by atoms with Gasteiger partial charge in [-0.1, -0.05) is 30.7 Å². The first-order valence-corrected chi connectivity index (χ1v) is 14.0. The summed E-state index contributed by atoms with van der Waals surface area (Å²) in [6.45, 7) is 0. The van der Waals surface area contributed by atoms with Crippen LogP contribution in [0.25, 0.3) is 0 Å². The van der Waals surface area contributed by atoms with Crippen LogP contribution >= 0.6 is 24.0 Å². The van der Waals surface area contributed by atoms with Crippen molar-refractivity contribution in [1.29, 1.82) is 0 Å². The molecule has 2 unspecified atom stereocenters. The van der Waals surface area contributed by atoms with Gasteiger partial charge in [0, 0.05) is 51.7 Å². The van der Waals surface area contributed by atoms with Crippen LogP contribution in [0.3, 0.4) is 0 Å². The van der Waals surface area contributed by atoms with E-state index >= 15 is 0 Å². The highest BCUT2D eigenvalue weighted by Gasteiger charge is 2.42. The molecular weight excluding hydrogens is 514 g/mol. The number of benzene rings is 2. The molecule has 1 saturated carbocycles. The lowest BCUT2D eigenvalue weighted by Gasteiger charge is -2.30. The first kappa shape index (κ1) is 24.6. The van der Waals surface area contributed by atoms with Gasteiger partial charge in [-0.25, -0.2) is 0 Å². The van der Waals surface area contributed by atoms with E-state index < -0.39 is 0 Å². The van der Waals surface area contributed by atoms with Gasteiger partial charge in [-0.15, -0.1) is 0 Å². The molecule has 2 fully saturated rings. The summed E-state index contributed by atoms with van der Waals surface area (Å²) in [6.07, 6.45) is 8.99. The molecule has 1 saturated heterocycles. The zero-order chi connectivity index (χ0) is 26.1. The smallest absolute Gasteiger partial charge is 0.269 e. The highest BCUT2D eigenvalue weighted by molar-refractivity contribution is 7.99. The van der Waals surface area contributed by atoms with Gasteiger partial charge in [-0.05, 0) is 85.7 Å². The number of anilines is 1. The Labute approximate surface area is 231 Å². The molecule has 0 bridgehead atoms. The van der Waals surface area contributed by atoms with Crippen LogP contribution in [0.2, 0.25) is 0 Å². The molecule has 6 rings (SSSR count). The fraction of sp³-hybridized carbons (Fsp3) is 0.241. The van der Waals surface area contributed by atoms with Crippen LogP contribution in [0.4, 0.5) is 11.4 Å². The van der Waals surface area contributed by atoms with Crippen molar-refractivity contribution in [1.82, 2.24) is 14.9 Å². The number of aromatic nitrogens is 2. The van der Waals surface area contributed by atoms with Gasteiger partial charge in [-0.3, -0.25) is 15.1 Å². The molecule has 2 aromatic heterocycles. The Morgan fingerprint density at radius 1 is 0.947 bits per heavy atom. The fourth-order valence-corrected chi connectivity index (χ4v) is 6.72. The number of hydrogen-bond donors (Lipinski definition) is 1. The lowest BCUT2D eigenvalue weighted by molar-refractivity contribution is -0.384. The third-order valence-corrected chi connectivity index (χ3v) is 8.66. The third-order valence-electron chi connectivity index (χ3n) is 7.33. The van der Waals surface area contributed by atoms with Crippen LogP contribution in [0.5, 0.6) is 0 Å². The first-order chi connectivity index (χ1) is 18.6. The molecule has 0 amide bonds. The lowest BCUT2D eigenvalue weighted by Crippen LogP contribution is -2.30. The van der Waals surface area contributed by atoms with Crippen LogP contribution < -0.4 is 10.2 Å². The third kappa shape index (κ3) is 4.79. The summed E-state index contributed by atoms with van der Waals surface area (Å²) in [4.78, 5) is 19.5. The van der Waals surface area contributed by atoms with E-state index in [1.54, 1.807) is 23.9 Å². The van der Waals surface area contributed by atoms with Crippen LogP contribution in [0.15, 0.2) is 101 Å². The summed E-state index contributed by atoms with van der Waals surface area (Å²) in [5.74, 6) is 0. The van der Waals surface area contributed by atoms with E-state index in [0.717, 1.165) is 21.2 Å². The molecule has 1 aliphatic carbocycles. The Hall–Kier alpha value is -3.69. The Morgan fingerprint density at radius 2 is 1.66 bits per heavy atom. The molecule has 3 heterocycles. The first-order valence-electron chi connectivity index (χ1n) is 12.8. The van der Waals surface area contributed by atoms with Crippen LogP contribution in [-0.2, 0) is 0 Å². The molecule has 0 radical (unpaired) electrons. The van der Waals surface area contributed by atoms with E-state index in [0.29, 0.717) is 11.2 Å². The summed E-state index contributed by atoms with van der Waals surface area (Å²) < 4.78 is 2.45. The van der Waals surface area contributed by atoms with Crippen LogP contribution in [0, 0.1) is 10.1 Å². The summed E-state index contributed by atoms with van der Waals surface area (Å²) in [5.41, 5.74) is 3.31. The minimum absolute atomic E-state index is 0.0406. The zero-order valence-electron chi connectivity index (χ0n) is 20.6. The van der Waals surface area contributed by atoms with Gasteiger partial charge in [0.25, 0.3) is 5.69 Å². The monoisotopic (exact) mass is 541 g/mol. The van der Waals surface area contributed by atoms with E-state index in [2.05, 4.69) is 68.4 Å². The quantitative estimate of drug-likeness (QED) is 0.150. The van der Waals surface area contributed by atoms with Gasteiger partial charge in [0.15, 0.2) is 5.11 Å². The molecular formula is C29H27N5O2S2. The maximum absolute atomic E-state index is 11.0. The van der Waals surface area contributed by atoms with Crippen molar-refractivity contribution in [3.05, 3.63) is 113 Å². The number of hydrogen-bond acceptors (Lipinski definition) is 5. The molecule has 192 valence electrons. The predicted molar refractivity (Wildman–Crippen MR) is 154 cm³/mol. The second kappa shape index (κ2) is 10.6. The molecule has 9 heteroatoms. The highest BCUT2D eigenvalue weighted by Crippen LogP contribution is 2.44. The van der Waals surface area contributed by atoms with Crippen molar-refractivity contribution in [2.45, 2.75) is 53.6 Å². The number of nitro benzene ring substituents is 1. The Bertz CT molecular complexity index is 1430. The summed E-state index contributed by atoms with van der Waals surface area (Å²) in [7, 11) is 0. The van der Waals surface area contributed by atoms with E-state index in [-0.39, 0.29) is 22.7 Å². The molecule has 1 N–H and O–H groups in total. The topological polar surface area (TPSA) is 76.2 Å². The fourth-order valence-electron chi connectivity index (χ4n) is 5.55. The van der Waals surface area contributed by atoms with Gasteiger partial charge in [-0.2, -0.15) is 0 Å². The standard InChI is InChI=1S/C29H27N5O2S2/c35-34(36)22-12-16-24(17-13-22)38-23-14-10-21(11-15-23)33-28(26-9-5-19-32(26)20-6-1-2-7-20)27(31-29(33)37)25-8-3-4-18-30-25/h3-5,8-20,27-28H,1-2,6-7H2,(H,31,37). The Morgan fingerprint density at radius 3 is 2.32 bits per heavy atom. The normalized spacial score (nSPS) is 19.6. The zero-order valence-corrected chi connectivity index (χ0v) is 22.3. The molecule has 2 aromatic carbocycles. The van der Waals surface area contributed by atoms with Gasteiger partial charge < -0.3 is 14.8 Å². The van der Waals surface area contributed by atoms with Crippen molar-refractivity contribution in [2.24, 2.45) is 0 Å². The summed E-state index contributed by atoms with van der Waals surface area (Å²) >= 11 is 7.49. The molecule has 4 aromatic rings. The summed E-state index contributed by atoms with van der Waals surface area (Å²) in [6, 6.07) is 25.7. The van der Waals surface area contributed by atoms with Crippen LogP contribution in [0.1, 0.15) is 55.2 Å². The number of rotatable bonds is 7. The molecule has 7 nitrogen and oxygen atoms in total. The Kier molecular flexibility index (Phi) is 6.86. The van der Waals surface area contributed by atoms with Crippen molar-refractivity contribution in [3.8, 4) is 0 Å². The highest BCUT2D eigenvalue weighted by atomic mass is 32.2. The lowest BCUT2D eigenvalue weighted by atomic mass is 10.0. The van der Waals surface area contributed by atoms with Crippen molar-refractivity contribution in [2.75, 3.05) is 4.90 Å². The largest absolute Gasteiger partial charge is 0.351 e. The van der Waals surface area contributed by atoms with Crippen molar-refractivity contribution < 1.29 is 4.92 Å². The minimum atomic E-state index is -0.381. The number of thiocarbonyl (C=S) groups is 1. The van der Waals surface area contributed by atoms with Gasteiger partial charge in [0.05, 0.1) is 16.7 Å². The molecule has 0 spiro atoms. The second-order valence-electron chi connectivity index (χ2n) is 9.62. The number of pyridine rings is 1. The average Bonchev–Trinajstić information content (AvgIpc) is 3.70. The van der Waals surface area contributed by atoms with Gasteiger partial charge in [0.1, 0.15) is 6.04 Å². The second-order valence-corrected chi connectivity index (χ2v) is 11.2. The number of nitrogens with zero attached hydrogens (tertiary/aromatic N) is 4. The Balaban J connectivity index is 1.32. The molecule has 2 aliphatic rings. The number of nitrogens with one attached hydrogen (secondary N) is 1. The summed E-state index contributed by atoms with van der Waals surface area (Å²) in [5, 5.41) is 15.2. The molecule has 1 aliphatic heterocycles. The maximum atomic E-state index is 11.0. The van der Waals surface area contributed by atoms with Crippen LogP contribution in [-0.4, -0.2) is 19.6 Å². The minimum Gasteiger partial charge on any atom is -0.351 e. The molecule has 38 heavy (non-hydrogen) atoms. The van der Waals surface area contributed by atoms with E-state index in [4.69, 9.17) is 12.2 Å². The van der Waals surface area contributed by atoms with E-state index in [9.17, 15) is 10.1 Å². The number of non-ortho nitro benzene ring substituents is 1. The van der Waals surface area contributed by atoms with Crippen molar-refractivity contribution >= 4 is 40.5 Å². The predicted octanol–water partition coefficient (Wildman–Crippen LogP) is 7.23. The van der Waals surface area contributed by atoms with Gasteiger partial charge >= 0.3 is 0 Å². The number of nitro groups is 1. The average molecular weight is 542 g/mol. The van der Waals surface area contributed by atoms with Crippen molar-refractivity contribution in [3.63, 3.8) is 0 Å². The van der Waals surface area contributed by atoms with E-state index in [1.807, 2.05) is 18.3 Å². The van der Waals surface area contributed by atoms with Gasteiger partial charge in [0.2, 0.25) is 0 Å². The maximum Gasteiger partial charge on any atom is 0.269 e. The van der Waals surface area contributed by atoms with E-state index in [1.165, 1.54) is 43.5 Å². The molecule has 2 atom stereocenters.